The van der Waals surface area contributed by atoms with Crippen molar-refractivity contribution in [1.82, 2.24) is 4.90 Å². The molecule has 1 aliphatic heterocycles. The highest BCUT2D eigenvalue weighted by Crippen LogP contribution is 2.17. The normalized spacial score (nSPS) is 19.8. The molecule has 0 radical (unpaired) electrons. The van der Waals surface area contributed by atoms with E-state index >= 15 is 0 Å². The Morgan fingerprint density at radius 1 is 1.30 bits per heavy atom. The van der Waals surface area contributed by atoms with Gasteiger partial charge in [-0.15, -0.1) is 0 Å². The number of hydrogen-bond donors (Lipinski definition) is 1. The lowest BCUT2D eigenvalue weighted by Gasteiger charge is -2.30. The largest absolute Gasteiger partial charge is 0.369 e. The van der Waals surface area contributed by atoms with Crippen molar-refractivity contribution in [3.63, 3.8) is 0 Å². The van der Waals surface area contributed by atoms with Crippen LogP contribution in [0.5, 0.6) is 0 Å². The zero-order chi connectivity index (χ0) is 14.7. The molecule has 6 heteroatoms. The van der Waals surface area contributed by atoms with Crippen LogP contribution in [0, 0.1) is 17.6 Å². The summed E-state index contributed by atoms with van der Waals surface area (Å²) < 4.78 is 25.9. The summed E-state index contributed by atoms with van der Waals surface area (Å²) in [4.78, 5) is 25.0. The van der Waals surface area contributed by atoms with Gasteiger partial charge in [-0.3, -0.25) is 14.5 Å². The van der Waals surface area contributed by atoms with Gasteiger partial charge in [0.15, 0.2) is 17.4 Å². The number of hydrogen-bond acceptors (Lipinski definition) is 3. The Labute approximate surface area is 115 Å². The Morgan fingerprint density at radius 3 is 2.70 bits per heavy atom. The highest BCUT2D eigenvalue weighted by Gasteiger charge is 2.25. The van der Waals surface area contributed by atoms with Gasteiger partial charge in [0.2, 0.25) is 5.91 Å². The van der Waals surface area contributed by atoms with E-state index in [9.17, 15) is 18.4 Å². The number of primary amides is 1. The van der Waals surface area contributed by atoms with Crippen molar-refractivity contribution in [2.75, 3.05) is 19.6 Å². The van der Waals surface area contributed by atoms with Crippen molar-refractivity contribution in [2.24, 2.45) is 11.7 Å². The first-order valence-corrected chi connectivity index (χ1v) is 6.47. The topological polar surface area (TPSA) is 63.4 Å². The molecule has 0 bridgehead atoms. The second-order valence-electron chi connectivity index (χ2n) is 5.03. The lowest BCUT2D eigenvalue weighted by Crippen LogP contribution is -2.43. The molecule has 0 spiro atoms. The van der Waals surface area contributed by atoms with Crippen molar-refractivity contribution < 1.29 is 18.4 Å². The Hall–Kier alpha value is -1.82. The van der Waals surface area contributed by atoms with Crippen LogP contribution in [-0.4, -0.2) is 36.2 Å². The minimum absolute atomic E-state index is 0.0782. The van der Waals surface area contributed by atoms with Crippen molar-refractivity contribution in [1.29, 1.82) is 0 Å². The van der Waals surface area contributed by atoms with E-state index in [0.29, 0.717) is 13.1 Å². The molecule has 1 aliphatic rings. The molecule has 20 heavy (non-hydrogen) atoms. The van der Waals surface area contributed by atoms with E-state index in [1.54, 1.807) is 0 Å². The molecule has 1 fully saturated rings. The maximum Gasteiger partial charge on any atom is 0.221 e. The molecular formula is C14H16F2N2O2. The molecule has 1 saturated heterocycles. The SMILES string of the molecule is NC(=O)C1CCCN(CC(=O)c2ccc(F)c(F)c2)C1. The fraction of sp³-hybridized carbons (Fsp3) is 0.429. The summed E-state index contributed by atoms with van der Waals surface area (Å²) in [6.45, 7) is 1.21. The van der Waals surface area contributed by atoms with Gasteiger partial charge < -0.3 is 5.73 Å². The number of benzene rings is 1. The van der Waals surface area contributed by atoms with Crippen LogP contribution in [0.4, 0.5) is 8.78 Å². The molecule has 2 N–H and O–H groups in total. The Kier molecular flexibility index (Phi) is 4.44. The first kappa shape index (κ1) is 14.6. The third kappa shape index (κ3) is 3.39. The van der Waals surface area contributed by atoms with Crippen molar-refractivity contribution in [2.45, 2.75) is 12.8 Å². The molecule has 2 rings (SSSR count). The van der Waals surface area contributed by atoms with Crippen LogP contribution in [0.3, 0.4) is 0 Å². The second kappa shape index (κ2) is 6.09. The zero-order valence-electron chi connectivity index (χ0n) is 10.9. The van der Waals surface area contributed by atoms with Crippen molar-refractivity contribution in [3.8, 4) is 0 Å². The summed E-state index contributed by atoms with van der Waals surface area (Å²) in [6, 6.07) is 3.09. The van der Waals surface area contributed by atoms with Gasteiger partial charge in [0.25, 0.3) is 0 Å². The summed E-state index contributed by atoms with van der Waals surface area (Å²) in [5.41, 5.74) is 5.40. The Balaban J connectivity index is 2.00. The molecular weight excluding hydrogens is 266 g/mol. The monoisotopic (exact) mass is 282 g/mol. The lowest BCUT2D eigenvalue weighted by atomic mass is 9.97. The van der Waals surface area contributed by atoms with Crippen LogP contribution in [0.2, 0.25) is 0 Å². The molecule has 1 unspecified atom stereocenters. The molecule has 108 valence electrons. The maximum atomic E-state index is 13.1. The number of carbonyl (C=O) groups excluding carboxylic acids is 2. The minimum atomic E-state index is -1.04. The molecule has 1 aromatic rings. The van der Waals surface area contributed by atoms with Crippen molar-refractivity contribution >= 4 is 11.7 Å². The van der Waals surface area contributed by atoms with Crippen LogP contribution in [0.15, 0.2) is 18.2 Å². The number of nitrogens with two attached hydrogens (primary N) is 1. The number of piperidine rings is 1. The van der Waals surface area contributed by atoms with Gasteiger partial charge in [0, 0.05) is 12.1 Å². The Bertz CT molecular complexity index is 534. The van der Waals surface area contributed by atoms with Crippen LogP contribution >= 0.6 is 0 Å². The van der Waals surface area contributed by atoms with E-state index in [0.717, 1.165) is 25.0 Å². The summed E-state index contributed by atoms with van der Waals surface area (Å²) in [6.07, 6.45) is 1.52. The van der Waals surface area contributed by atoms with E-state index in [2.05, 4.69) is 0 Å². The van der Waals surface area contributed by atoms with Gasteiger partial charge in [0.05, 0.1) is 12.5 Å². The van der Waals surface area contributed by atoms with Crippen LogP contribution < -0.4 is 5.73 Å². The van der Waals surface area contributed by atoms with Gasteiger partial charge in [0.1, 0.15) is 0 Å². The first-order chi connectivity index (χ1) is 9.47. The van der Waals surface area contributed by atoms with Gasteiger partial charge in [-0.2, -0.15) is 0 Å². The van der Waals surface area contributed by atoms with Gasteiger partial charge in [-0.25, -0.2) is 8.78 Å². The van der Waals surface area contributed by atoms with Crippen LogP contribution in [0.25, 0.3) is 0 Å². The predicted molar refractivity (Wildman–Crippen MR) is 69.0 cm³/mol. The Morgan fingerprint density at radius 2 is 2.05 bits per heavy atom. The standard InChI is InChI=1S/C14H16F2N2O2/c15-11-4-3-9(6-12(11)16)13(19)8-18-5-1-2-10(7-18)14(17)20/h3-4,6,10H,1-2,5,7-8H2,(H2,17,20). The van der Waals surface area contributed by atoms with E-state index in [1.165, 1.54) is 6.07 Å². The summed E-state index contributed by atoms with van der Waals surface area (Å²) in [7, 11) is 0. The smallest absolute Gasteiger partial charge is 0.221 e. The minimum Gasteiger partial charge on any atom is -0.369 e. The molecule has 0 aromatic heterocycles. The zero-order valence-corrected chi connectivity index (χ0v) is 10.9. The van der Waals surface area contributed by atoms with E-state index in [1.807, 2.05) is 4.90 Å². The summed E-state index contributed by atoms with van der Waals surface area (Å²) in [5.74, 6) is -2.93. The number of nitrogens with zero attached hydrogens (tertiary/aromatic N) is 1. The van der Waals surface area contributed by atoms with Gasteiger partial charge >= 0.3 is 0 Å². The number of carbonyl (C=O) groups is 2. The molecule has 1 amide bonds. The number of rotatable bonds is 4. The lowest BCUT2D eigenvalue weighted by molar-refractivity contribution is -0.123. The fourth-order valence-corrected chi connectivity index (χ4v) is 2.40. The quantitative estimate of drug-likeness (QED) is 0.848. The average Bonchev–Trinajstić information content (AvgIpc) is 2.42. The first-order valence-electron chi connectivity index (χ1n) is 6.47. The van der Waals surface area contributed by atoms with E-state index < -0.39 is 11.6 Å². The van der Waals surface area contributed by atoms with Gasteiger partial charge in [-0.05, 0) is 37.6 Å². The average molecular weight is 282 g/mol. The predicted octanol–water partition coefficient (Wildman–Crippen LogP) is 1.34. The molecule has 0 saturated carbocycles. The number of Topliss-reactive ketones (excluding diaryl/α,β-unsaturated/α-hetero) is 1. The molecule has 4 nitrogen and oxygen atoms in total. The number of amides is 1. The number of likely N-dealkylation sites (tertiary alicyclic amines) is 1. The van der Waals surface area contributed by atoms with Crippen LogP contribution in [0.1, 0.15) is 23.2 Å². The maximum absolute atomic E-state index is 13.1. The van der Waals surface area contributed by atoms with Crippen molar-refractivity contribution in [3.05, 3.63) is 35.4 Å². The summed E-state index contributed by atoms with van der Waals surface area (Å²) in [5, 5.41) is 0. The van der Waals surface area contributed by atoms with E-state index in [4.69, 9.17) is 5.73 Å². The summed E-state index contributed by atoms with van der Waals surface area (Å²) >= 11 is 0. The second-order valence-corrected chi connectivity index (χ2v) is 5.03. The van der Waals surface area contributed by atoms with Gasteiger partial charge in [-0.1, -0.05) is 0 Å². The number of halogens is 2. The fourth-order valence-electron chi connectivity index (χ4n) is 2.40. The third-order valence-electron chi connectivity index (χ3n) is 3.52. The highest BCUT2D eigenvalue weighted by atomic mass is 19.2. The van der Waals surface area contributed by atoms with Crippen LogP contribution in [-0.2, 0) is 4.79 Å². The molecule has 1 aromatic carbocycles. The van der Waals surface area contributed by atoms with E-state index in [-0.39, 0.29) is 29.7 Å². The third-order valence-corrected chi connectivity index (χ3v) is 3.52. The molecule has 0 aliphatic carbocycles. The highest BCUT2D eigenvalue weighted by molar-refractivity contribution is 5.97. The molecule has 1 heterocycles. The molecule has 1 atom stereocenters. The number of ketones is 1.